The Kier molecular flexibility index (Phi) is 5.65. The Morgan fingerprint density at radius 2 is 2.15 bits per heavy atom. The van der Waals surface area contributed by atoms with E-state index in [-0.39, 0.29) is 0 Å². The van der Waals surface area contributed by atoms with Crippen molar-refractivity contribution in [3.05, 3.63) is 54.0 Å². The Bertz CT molecular complexity index is 497. The predicted molar refractivity (Wildman–Crippen MR) is 79.7 cm³/mol. The number of rotatable bonds is 8. The van der Waals surface area contributed by atoms with Gasteiger partial charge in [-0.3, -0.25) is 4.90 Å². The van der Waals surface area contributed by atoms with Gasteiger partial charge in [0.05, 0.1) is 12.5 Å². The zero-order valence-electron chi connectivity index (χ0n) is 12.1. The Hall–Kier alpha value is -1.78. The lowest BCUT2D eigenvalue weighted by Gasteiger charge is -2.16. The van der Waals surface area contributed by atoms with E-state index >= 15 is 0 Å². The fraction of sp³-hybridized carbons (Fsp3) is 0.375. The van der Waals surface area contributed by atoms with Gasteiger partial charge in [0.15, 0.2) is 0 Å². The maximum atomic E-state index is 5.79. The lowest BCUT2D eigenvalue weighted by atomic mass is 10.2. The topological polar surface area (TPSA) is 37.6 Å². The van der Waals surface area contributed by atoms with Crippen molar-refractivity contribution in [2.45, 2.75) is 13.1 Å². The van der Waals surface area contributed by atoms with Crippen LogP contribution >= 0.6 is 0 Å². The van der Waals surface area contributed by atoms with Crippen LogP contribution in [0.25, 0.3) is 0 Å². The first-order chi connectivity index (χ1) is 9.78. The third-order valence-electron chi connectivity index (χ3n) is 3.05. The number of ether oxygens (including phenoxy) is 1. The molecule has 0 aliphatic heterocycles. The van der Waals surface area contributed by atoms with E-state index in [9.17, 15) is 0 Å². The summed E-state index contributed by atoms with van der Waals surface area (Å²) in [5.74, 6) is 0.925. The molecule has 1 heterocycles. The number of furan rings is 1. The first-order valence-corrected chi connectivity index (χ1v) is 6.84. The smallest absolute Gasteiger partial charge is 0.119 e. The summed E-state index contributed by atoms with van der Waals surface area (Å²) in [6.45, 7) is 3.29. The molecule has 4 heteroatoms. The van der Waals surface area contributed by atoms with E-state index in [1.165, 1.54) is 11.1 Å². The molecule has 108 valence electrons. The van der Waals surface area contributed by atoms with E-state index in [1.807, 2.05) is 25.2 Å². The highest BCUT2D eigenvalue weighted by atomic mass is 16.5. The first-order valence-electron chi connectivity index (χ1n) is 6.84. The summed E-state index contributed by atoms with van der Waals surface area (Å²) >= 11 is 0. The van der Waals surface area contributed by atoms with Gasteiger partial charge in [0.25, 0.3) is 0 Å². The first kappa shape index (κ1) is 14.6. The van der Waals surface area contributed by atoms with Gasteiger partial charge in [-0.25, -0.2) is 0 Å². The van der Waals surface area contributed by atoms with Crippen molar-refractivity contribution in [2.75, 3.05) is 27.2 Å². The number of benzene rings is 1. The van der Waals surface area contributed by atoms with Crippen LogP contribution in [0.15, 0.2) is 47.3 Å². The van der Waals surface area contributed by atoms with E-state index in [1.54, 1.807) is 12.5 Å². The summed E-state index contributed by atoms with van der Waals surface area (Å²) in [5.41, 5.74) is 2.42. The molecule has 0 unspecified atom stereocenters. The van der Waals surface area contributed by atoms with Crippen LogP contribution in [0.3, 0.4) is 0 Å². The molecule has 2 aromatic rings. The van der Waals surface area contributed by atoms with Gasteiger partial charge in [0, 0.05) is 25.2 Å². The van der Waals surface area contributed by atoms with E-state index < -0.39 is 0 Å². The second kappa shape index (κ2) is 7.72. The second-order valence-electron chi connectivity index (χ2n) is 4.90. The molecule has 0 aliphatic rings. The molecule has 4 nitrogen and oxygen atoms in total. The molecule has 0 aliphatic carbocycles. The molecular weight excluding hydrogens is 252 g/mol. The average molecular weight is 274 g/mol. The minimum Gasteiger partial charge on any atom is -0.492 e. The zero-order chi connectivity index (χ0) is 14.2. The van der Waals surface area contributed by atoms with Gasteiger partial charge in [-0.15, -0.1) is 0 Å². The van der Waals surface area contributed by atoms with Crippen LogP contribution in [0.4, 0.5) is 0 Å². The zero-order valence-corrected chi connectivity index (χ0v) is 12.1. The Labute approximate surface area is 120 Å². The SMILES string of the molecule is CNCc1cccc(OCCN(C)Cc2ccoc2)c1. The van der Waals surface area contributed by atoms with Gasteiger partial charge in [-0.1, -0.05) is 12.1 Å². The normalized spacial score (nSPS) is 10.9. The molecule has 0 bridgehead atoms. The van der Waals surface area contributed by atoms with Crippen molar-refractivity contribution < 1.29 is 9.15 Å². The monoisotopic (exact) mass is 274 g/mol. The van der Waals surface area contributed by atoms with Gasteiger partial charge >= 0.3 is 0 Å². The maximum Gasteiger partial charge on any atom is 0.119 e. The molecule has 0 spiro atoms. The molecule has 1 N–H and O–H groups in total. The molecule has 0 saturated heterocycles. The van der Waals surface area contributed by atoms with Crippen LogP contribution in [0.1, 0.15) is 11.1 Å². The highest BCUT2D eigenvalue weighted by molar-refractivity contribution is 5.28. The van der Waals surface area contributed by atoms with Gasteiger partial charge in [-0.2, -0.15) is 0 Å². The minimum atomic E-state index is 0.678. The third kappa shape index (κ3) is 4.72. The molecule has 1 aromatic heterocycles. The Balaban J connectivity index is 1.73. The minimum absolute atomic E-state index is 0.678. The van der Waals surface area contributed by atoms with Gasteiger partial charge in [-0.05, 0) is 37.9 Å². The van der Waals surface area contributed by atoms with Crippen molar-refractivity contribution in [3.8, 4) is 5.75 Å². The number of nitrogens with zero attached hydrogens (tertiary/aromatic N) is 1. The van der Waals surface area contributed by atoms with E-state index in [2.05, 4.69) is 29.4 Å². The summed E-state index contributed by atoms with van der Waals surface area (Å²) in [6.07, 6.45) is 3.48. The maximum absolute atomic E-state index is 5.79. The van der Waals surface area contributed by atoms with E-state index in [0.29, 0.717) is 6.61 Å². The lowest BCUT2D eigenvalue weighted by Crippen LogP contribution is -2.23. The Morgan fingerprint density at radius 1 is 1.25 bits per heavy atom. The largest absolute Gasteiger partial charge is 0.492 e. The standard InChI is InChI=1S/C16H22N2O2/c1-17-11-14-4-3-5-16(10-14)20-9-7-18(2)12-15-6-8-19-13-15/h3-6,8,10,13,17H,7,9,11-12H2,1-2H3. The van der Waals surface area contributed by atoms with Crippen molar-refractivity contribution in [1.29, 1.82) is 0 Å². The molecule has 0 amide bonds. The molecule has 2 rings (SSSR count). The number of hydrogen-bond donors (Lipinski definition) is 1. The molecular formula is C16H22N2O2. The van der Waals surface area contributed by atoms with Gasteiger partial charge in [0.1, 0.15) is 12.4 Å². The van der Waals surface area contributed by atoms with Crippen molar-refractivity contribution in [3.63, 3.8) is 0 Å². The van der Waals surface area contributed by atoms with Crippen LogP contribution in [-0.2, 0) is 13.1 Å². The van der Waals surface area contributed by atoms with Gasteiger partial charge in [0.2, 0.25) is 0 Å². The van der Waals surface area contributed by atoms with Crippen LogP contribution in [0.2, 0.25) is 0 Å². The van der Waals surface area contributed by atoms with E-state index in [4.69, 9.17) is 9.15 Å². The molecule has 0 saturated carbocycles. The van der Waals surface area contributed by atoms with Crippen molar-refractivity contribution in [1.82, 2.24) is 10.2 Å². The van der Waals surface area contributed by atoms with E-state index in [0.717, 1.165) is 25.4 Å². The second-order valence-corrected chi connectivity index (χ2v) is 4.90. The molecule has 1 aromatic carbocycles. The molecule has 0 radical (unpaired) electrons. The third-order valence-corrected chi connectivity index (χ3v) is 3.05. The quantitative estimate of drug-likeness (QED) is 0.802. The number of likely N-dealkylation sites (N-methyl/N-ethyl adjacent to an activating group) is 1. The molecule has 0 atom stereocenters. The summed E-state index contributed by atoms with van der Waals surface area (Å²) < 4.78 is 10.9. The fourth-order valence-corrected chi connectivity index (χ4v) is 2.04. The van der Waals surface area contributed by atoms with Crippen LogP contribution in [0, 0.1) is 0 Å². The number of nitrogens with one attached hydrogen (secondary N) is 1. The predicted octanol–water partition coefficient (Wildman–Crippen LogP) is 2.51. The van der Waals surface area contributed by atoms with Crippen LogP contribution in [0.5, 0.6) is 5.75 Å². The lowest BCUT2D eigenvalue weighted by molar-refractivity contribution is 0.232. The highest BCUT2D eigenvalue weighted by Gasteiger charge is 2.02. The highest BCUT2D eigenvalue weighted by Crippen LogP contribution is 2.13. The van der Waals surface area contributed by atoms with Crippen molar-refractivity contribution in [2.24, 2.45) is 0 Å². The average Bonchev–Trinajstić information content (AvgIpc) is 2.92. The summed E-state index contributed by atoms with van der Waals surface area (Å²) in [4.78, 5) is 2.21. The van der Waals surface area contributed by atoms with Crippen molar-refractivity contribution >= 4 is 0 Å². The molecule has 0 fully saturated rings. The summed E-state index contributed by atoms with van der Waals surface area (Å²) in [7, 11) is 4.02. The fourth-order valence-electron chi connectivity index (χ4n) is 2.04. The summed E-state index contributed by atoms with van der Waals surface area (Å²) in [5, 5.41) is 3.14. The summed E-state index contributed by atoms with van der Waals surface area (Å²) in [6, 6.07) is 10.2. The Morgan fingerprint density at radius 3 is 2.90 bits per heavy atom. The number of hydrogen-bond acceptors (Lipinski definition) is 4. The molecule has 20 heavy (non-hydrogen) atoms. The van der Waals surface area contributed by atoms with Crippen LogP contribution < -0.4 is 10.1 Å². The van der Waals surface area contributed by atoms with Crippen LogP contribution in [-0.4, -0.2) is 32.1 Å². The van der Waals surface area contributed by atoms with Gasteiger partial charge < -0.3 is 14.5 Å².